The fourth-order valence-corrected chi connectivity index (χ4v) is 3.68. The predicted octanol–water partition coefficient (Wildman–Crippen LogP) is 3.83. The molecule has 4 rings (SSSR count). The molecule has 6 heteroatoms. The van der Waals surface area contributed by atoms with E-state index < -0.39 is 11.9 Å². The van der Waals surface area contributed by atoms with Crippen molar-refractivity contribution in [3.05, 3.63) is 89.5 Å². The Balaban J connectivity index is 1.36. The largest absolute Gasteiger partial charge is 0.496 e. The van der Waals surface area contributed by atoms with Crippen LogP contribution in [-0.2, 0) is 20.7 Å². The van der Waals surface area contributed by atoms with E-state index in [1.807, 2.05) is 72.8 Å². The van der Waals surface area contributed by atoms with Crippen molar-refractivity contribution in [2.75, 3.05) is 20.3 Å². The smallest absolute Gasteiger partial charge is 0.318 e. The van der Waals surface area contributed by atoms with Crippen LogP contribution < -0.4 is 14.8 Å². The first kappa shape index (κ1) is 20.5. The van der Waals surface area contributed by atoms with Crippen molar-refractivity contribution in [1.29, 1.82) is 0 Å². The van der Waals surface area contributed by atoms with E-state index in [9.17, 15) is 9.59 Å². The fourth-order valence-electron chi connectivity index (χ4n) is 3.68. The van der Waals surface area contributed by atoms with Crippen molar-refractivity contribution in [3.8, 4) is 17.2 Å². The molecule has 0 spiro atoms. The molecule has 0 fully saturated rings. The second kappa shape index (κ2) is 9.34. The molecule has 1 heterocycles. The summed E-state index contributed by atoms with van der Waals surface area (Å²) in [6, 6.07) is 22.4. The van der Waals surface area contributed by atoms with Crippen LogP contribution in [0.15, 0.2) is 72.8 Å². The maximum atomic E-state index is 12.9. The van der Waals surface area contributed by atoms with Crippen LogP contribution in [-0.4, -0.2) is 32.1 Å². The molecule has 1 aliphatic rings. The molecule has 3 aromatic rings. The predicted molar refractivity (Wildman–Crippen MR) is 115 cm³/mol. The van der Waals surface area contributed by atoms with E-state index in [0.717, 1.165) is 22.4 Å². The lowest BCUT2D eigenvalue weighted by molar-refractivity contribution is -0.149. The Hall–Kier alpha value is -3.80. The van der Waals surface area contributed by atoms with Crippen molar-refractivity contribution >= 4 is 11.9 Å². The maximum absolute atomic E-state index is 12.9. The number of esters is 1. The lowest BCUT2D eigenvalue weighted by Crippen LogP contribution is -2.32. The Labute approximate surface area is 180 Å². The number of nitrogens with one attached hydrogen (secondary N) is 1. The molecule has 158 valence electrons. The minimum Gasteiger partial charge on any atom is -0.496 e. The Bertz CT molecular complexity index is 1050. The topological polar surface area (TPSA) is 73.9 Å². The van der Waals surface area contributed by atoms with Gasteiger partial charge in [0.25, 0.3) is 5.91 Å². The number of carbonyl (C=O) groups excluding carboxylic acids is 2. The first-order chi connectivity index (χ1) is 15.2. The molecule has 0 saturated carbocycles. The third kappa shape index (κ3) is 4.53. The third-order valence-corrected chi connectivity index (χ3v) is 5.17. The van der Waals surface area contributed by atoms with Crippen molar-refractivity contribution < 1.29 is 23.8 Å². The molecule has 0 aromatic heterocycles. The van der Waals surface area contributed by atoms with Crippen LogP contribution in [0, 0.1) is 0 Å². The standard InChI is InChI=1S/C25H23NO5/c1-29-20-11-5-2-8-17(20)14-15-26-23(27)16-30-25(28)24-18-9-3-6-12-21(18)31-22-13-7-4-10-19(22)24/h2-13,24H,14-16H2,1H3,(H,26,27). The van der Waals surface area contributed by atoms with E-state index in [1.165, 1.54) is 0 Å². The van der Waals surface area contributed by atoms with Gasteiger partial charge in [-0.1, -0.05) is 54.6 Å². The van der Waals surface area contributed by atoms with Crippen LogP contribution in [0.5, 0.6) is 17.2 Å². The number of benzene rings is 3. The Kier molecular flexibility index (Phi) is 6.17. The summed E-state index contributed by atoms with van der Waals surface area (Å²) in [7, 11) is 1.61. The summed E-state index contributed by atoms with van der Waals surface area (Å²) < 4.78 is 16.6. The van der Waals surface area contributed by atoms with Crippen molar-refractivity contribution in [3.63, 3.8) is 0 Å². The monoisotopic (exact) mass is 417 g/mol. The first-order valence-electron chi connectivity index (χ1n) is 10.1. The van der Waals surface area contributed by atoms with Crippen LogP contribution in [0.25, 0.3) is 0 Å². The van der Waals surface area contributed by atoms with Gasteiger partial charge in [0.15, 0.2) is 6.61 Å². The summed E-state index contributed by atoms with van der Waals surface area (Å²) in [5, 5.41) is 2.78. The summed E-state index contributed by atoms with van der Waals surface area (Å²) in [6.07, 6.45) is 0.615. The van der Waals surface area contributed by atoms with Crippen LogP contribution in [0.1, 0.15) is 22.6 Å². The van der Waals surface area contributed by atoms with Gasteiger partial charge in [-0.15, -0.1) is 0 Å². The zero-order valence-electron chi connectivity index (χ0n) is 17.2. The summed E-state index contributed by atoms with van der Waals surface area (Å²) in [5.74, 6) is 0.538. The Morgan fingerprint density at radius 1 is 0.903 bits per heavy atom. The average molecular weight is 417 g/mol. The van der Waals surface area contributed by atoms with Crippen molar-refractivity contribution in [1.82, 2.24) is 5.32 Å². The highest BCUT2D eigenvalue weighted by Crippen LogP contribution is 2.44. The highest BCUT2D eigenvalue weighted by atomic mass is 16.5. The van der Waals surface area contributed by atoms with Gasteiger partial charge in [-0.2, -0.15) is 0 Å². The average Bonchev–Trinajstić information content (AvgIpc) is 2.81. The molecule has 1 amide bonds. The minimum atomic E-state index is -0.637. The highest BCUT2D eigenvalue weighted by molar-refractivity contribution is 5.87. The Morgan fingerprint density at radius 2 is 1.52 bits per heavy atom. The molecule has 0 bridgehead atoms. The van der Waals surface area contributed by atoms with Gasteiger partial charge in [0.05, 0.1) is 7.11 Å². The van der Waals surface area contributed by atoms with Crippen LogP contribution in [0.3, 0.4) is 0 Å². The number of rotatable bonds is 7. The minimum absolute atomic E-state index is 0.341. The van der Waals surface area contributed by atoms with E-state index in [2.05, 4.69) is 5.32 Å². The van der Waals surface area contributed by atoms with Gasteiger partial charge in [0.2, 0.25) is 0 Å². The first-order valence-corrected chi connectivity index (χ1v) is 10.1. The number of ether oxygens (including phenoxy) is 3. The molecule has 0 unspecified atom stereocenters. The maximum Gasteiger partial charge on any atom is 0.318 e. The zero-order valence-corrected chi connectivity index (χ0v) is 17.2. The SMILES string of the molecule is COc1ccccc1CCNC(=O)COC(=O)C1c2ccccc2Oc2ccccc21. The molecular weight excluding hydrogens is 394 g/mol. The summed E-state index contributed by atoms with van der Waals surface area (Å²) in [6.45, 7) is 0.0755. The van der Waals surface area contributed by atoms with Gasteiger partial charge in [-0.05, 0) is 30.2 Å². The second-order valence-electron chi connectivity index (χ2n) is 7.13. The third-order valence-electron chi connectivity index (χ3n) is 5.17. The fraction of sp³-hybridized carbons (Fsp3) is 0.200. The normalized spacial score (nSPS) is 12.2. The van der Waals surface area contributed by atoms with Gasteiger partial charge in [0.1, 0.15) is 23.2 Å². The molecule has 31 heavy (non-hydrogen) atoms. The Morgan fingerprint density at radius 3 is 2.19 bits per heavy atom. The zero-order chi connectivity index (χ0) is 21.6. The van der Waals surface area contributed by atoms with E-state index in [-0.39, 0.29) is 12.5 Å². The van der Waals surface area contributed by atoms with Gasteiger partial charge < -0.3 is 19.5 Å². The van der Waals surface area contributed by atoms with Crippen molar-refractivity contribution in [2.45, 2.75) is 12.3 Å². The number of para-hydroxylation sites is 3. The van der Waals surface area contributed by atoms with Gasteiger partial charge in [-0.25, -0.2) is 0 Å². The van der Waals surface area contributed by atoms with Crippen LogP contribution in [0.4, 0.5) is 0 Å². The molecule has 6 nitrogen and oxygen atoms in total. The molecular formula is C25H23NO5. The van der Waals surface area contributed by atoms with Crippen LogP contribution in [0.2, 0.25) is 0 Å². The molecule has 0 radical (unpaired) electrons. The molecule has 1 aliphatic heterocycles. The van der Waals surface area contributed by atoms with E-state index in [4.69, 9.17) is 14.2 Å². The number of methoxy groups -OCH3 is 1. The van der Waals surface area contributed by atoms with Gasteiger partial charge in [0, 0.05) is 17.7 Å². The second-order valence-corrected chi connectivity index (χ2v) is 7.13. The lowest BCUT2D eigenvalue weighted by Gasteiger charge is -2.26. The van der Waals surface area contributed by atoms with E-state index >= 15 is 0 Å². The summed E-state index contributed by atoms with van der Waals surface area (Å²) in [4.78, 5) is 25.2. The van der Waals surface area contributed by atoms with Crippen LogP contribution >= 0.6 is 0 Å². The van der Waals surface area contributed by atoms with Gasteiger partial charge in [-0.3, -0.25) is 9.59 Å². The summed E-state index contributed by atoms with van der Waals surface area (Å²) >= 11 is 0. The van der Waals surface area contributed by atoms with E-state index in [1.54, 1.807) is 7.11 Å². The number of hydrogen-bond acceptors (Lipinski definition) is 5. The van der Waals surface area contributed by atoms with Crippen molar-refractivity contribution in [2.24, 2.45) is 0 Å². The molecule has 0 aliphatic carbocycles. The highest BCUT2D eigenvalue weighted by Gasteiger charge is 2.33. The number of amides is 1. The summed E-state index contributed by atoms with van der Waals surface area (Å²) in [5.41, 5.74) is 2.45. The number of fused-ring (bicyclic) bond motifs is 2. The number of hydrogen-bond donors (Lipinski definition) is 1. The molecule has 1 N–H and O–H groups in total. The molecule has 0 atom stereocenters. The number of carbonyl (C=O) groups is 2. The molecule has 0 saturated heterocycles. The van der Waals surface area contributed by atoms with Gasteiger partial charge >= 0.3 is 5.97 Å². The quantitative estimate of drug-likeness (QED) is 0.592. The lowest BCUT2D eigenvalue weighted by atomic mass is 9.88. The molecule has 3 aromatic carbocycles. The van der Waals surface area contributed by atoms with E-state index in [0.29, 0.717) is 24.5 Å².